The zero-order valence-corrected chi connectivity index (χ0v) is 22.0. The van der Waals surface area contributed by atoms with Crippen LogP contribution in [0.4, 0.5) is 4.79 Å². The number of aliphatic imine (C=N–C) groups is 1. The van der Waals surface area contributed by atoms with Crippen LogP contribution >= 0.6 is 24.0 Å². The fourth-order valence-corrected chi connectivity index (χ4v) is 2.76. The van der Waals surface area contributed by atoms with E-state index in [1.165, 1.54) is 0 Å². The van der Waals surface area contributed by atoms with Gasteiger partial charge in [-0.2, -0.15) is 0 Å². The van der Waals surface area contributed by atoms with Gasteiger partial charge in [0, 0.05) is 51.4 Å². The number of carbonyl (C=O) groups is 2. The van der Waals surface area contributed by atoms with Crippen molar-refractivity contribution >= 4 is 41.9 Å². The van der Waals surface area contributed by atoms with E-state index in [4.69, 9.17) is 4.74 Å². The molecule has 30 heavy (non-hydrogen) atoms. The molecule has 0 unspecified atom stereocenters. The maximum Gasteiger partial charge on any atom is 0.410 e. The van der Waals surface area contributed by atoms with Crippen molar-refractivity contribution in [3.05, 3.63) is 0 Å². The smallest absolute Gasteiger partial charge is 0.410 e. The summed E-state index contributed by atoms with van der Waals surface area (Å²) in [7, 11) is 0. The number of hydrogen-bond donors (Lipinski definition) is 3. The highest BCUT2D eigenvalue weighted by Gasteiger charge is 2.25. The van der Waals surface area contributed by atoms with Gasteiger partial charge in [0.15, 0.2) is 5.96 Å². The molecule has 3 N–H and O–H groups in total. The lowest BCUT2D eigenvalue weighted by Gasteiger charge is -2.35. The van der Waals surface area contributed by atoms with Gasteiger partial charge in [-0.15, -0.1) is 24.0 Å². The Morgan fingerprint density at radius 2 is 1.60 bits per heavy atom. The molecular formula is C20H41IN6O3. The molecule has 1 fully saturated rings. The molecule has 9 nitrogen and oxygen atoms in total. The predicted molar refractivity (Wildman–Crippen MR) is 132 cm³/mol. The zero-order valence-electron chi connectivity index (χ0n) is 19.6. The van der Waals surface area contributed by atoms with Crippen molar-refractivity contribution in [2.75, 3.05) is 52.4 Å². The van der Waals surface area contributed by atoms with E-state index in [0.717, 1.165) is 26.2 Å². The number of nitrogens with zero attached hydrogens (tertiary/aromatic N) is 3. The lowest BCUT2D eigenvalue weighted by atomic mass is 10.1. The summed E-state index contributed by atoms with van der Waals surface area (Å²) in [6, 6.07) is 0. The van der Waals surface area contributed by atoms with Crippen molar-refractivity contribution in [2.45, 2.75) is 59.6 Å². The van der Waals surface area contributed by atoms with Crippen LogP contribution in [0, 0.1) is 0 Å². The van der Waals surface area contributed by atoms with E-state index in [2.05, 4.69) is 25.8 Å². The molecule has 0 saturated carbocycles. The normalized spacial score (nSPS) is 15.8. The Bertz CT molecular complexity index is 564. The molecule has 10 heteroatoms. The Labute approximate surface area is 198 Å². The molecule has 0 aromatic heterocycles. The van der Waals surface area contributed by atoms with Crippen LogP contribution in [0.5, 0.6) is 0 Å². The monoisotopic (exact) mass is 540 g/mol. The minimum Gasteiger partial charge on any atom is -0.444 e. The summed E-state index contributed by atoms with van der Waals surface area (Å²) in [5.41, 5.74) is -0.732. The summed E-state index contributed by atoms with van der Waals surface area (Å²) >= 11 is 0. The van der Waals surface area contributed by atoms with E-state index >= 15 is 0 Å². The molecule has 0 spiro atoms. The molecule has 1 aliphatic rings. The first kappa shape index (κ1) is 28.7. The van der Waals surface area contributed by atoms with E-state index in [0.29, 0.717) is 25.6 Å². The van der Waals surface area contributed by atoms with E-state index in [-0.39, 0.29) is 48.1 Å². The molecule has 176 valence electrons. The number of piperazine rings is 1. The highest BCUT2D eigenvalue weighted by atomic mass is 127. The maximum atomic E-state index is 12.1. The number of amides is 2. The highest BCUT2D eigenvalue weighted by Crippen LogP contribution is 2.11. The molecule has 0 atom stereocenters. The van der Waals surface area contributed by atoms with Gasteiger partial charge in [0.1, 0.15) is 12.1 Å². The topological polar surface area (TPSA) is 98.3 Å². The van der Waals surface area contributed by atoms with Crippen molar-refractivity contribution in [3.8, 4) is 0 Å². The zero-order chi connectivity index (χ0) is 22.1. The van der Waals surface area contributed by atoms with Crippen LogP contribution in [0.15, 0.2) is 4.99 Å². The minimum absolute atomic E-state index is 0. The van der Waals surface area contributed by atoms with Crippen LogP contribution in [-0.4, -0.2) is 91.3 Å². The Morgan fingerprint density at radius 3 is 2.10 bits per heavy atom. The van der Waals surface area contributed by atoms with Gasteiger partial charge in [-0.3, -0.25) is 9.69 Å². The summed E-state index contributed by atoms with van der Waals surface area (Å²) in [4.78, 5) is 32.5. The first-order valence-corrected chi connectivity index (χ1v) is 10.4. The number of ether oxygens (including phenoxy) is 1. The van der Waals surface area contributed by atoms with Crippen LogP contribution in [0.1, 0.15) is 48.5 Å². The van der Waals surface area contributed by atoms with Crippen molar-refractivity contribution in [2.24, 2.45) is 4.99 Å². The van der Waals surface area contributed by atoms with Crippen LogP contribution in [0.25, 0.3) is 0 Å². The van der Waals surface area contributed by atoms with E-state index in [1.807, 2.05) is 48.5 Å². The van der Waals surface area contributed by atoms with Gasteiger partial charge in [0.25, 0.3) is 0 Å². The number of nitrogens with one attached hydrogen (secondary N) is 3. The average Bonchev–Trinajstić information content (AvgIpc) is 2.57. The van der Waals surface area contributed by atoms with Gasteiger partial charge in [0.2, 0.25) is 5.91 Å². The van der Waals surface area contributed by atoms with E-state index < -0.39 is 5.60 Å². The minimum atomic E-state index is -0.468. The Kier molecular flexibility index (Phi) is 12.6. The Hall–Kier alpha value is -1.30. The summed E-state index contributed by atoms with van der Waals surface area (Å²) in [5, 5.41) is 9.32. The Balaban J connectivity index is 0.00000841. The molecule has 1 heterocycles. The molecule has 2 amide bonds. The fraction of sp³-hybridized carbons (Fsp3) is 0.850. The highest BCUT2D eigenvalue weighted by molar-refractivity contribution is 14.0. The Morgan fingerprint density at radius 1 is 1.00 bits per heavy atom. The van der Waals surface area contributed by atoms with Crippen molar-refractivity contribution in [1.82, 2.24) is 25.8 Å². The molecule has 0 bridgehead atoms. The number of carbonyl (C=O) groups excluding carboxylic acids is 2. The molecule has 0 aromatic carbocycles. The quantitative estimate of drug-likeness (QED) is 0.269. The largest absolute Gasteiger partial charge is 0.444 e. The average molecular weight is 540 g/mol. The molecule has 0 aromatic rings. The summed E-state index contributed by atoms with van der Waals surface area (Å²) in [5.74, 6) is 0.525. The van der Waals surface area contributed by atoms with Gasteiger partial charge in [-0.25, -0.2) is 9.79 Å². The molecule has 1 rings (SSSR count). The van der Waals surface area contributed by atoms with E-state index in [1.54, 1.807) is 4.90 Å². The third-order valence-electron chi connectivity index (χ3n) is 3.98. The molecule has 0 radical (unpaired) electrons. The van der Waals surface area contributed by atoms with E-state index in [9.17, 15) is 9.59 Å². The fourth-order valence-electron chi connectivity index (χ4n) is 2.76. The molecular weight excluding hydrogens is 499 g/mol. The van der Waals surface area contributed by atoms with Gasteiger partial charge in [0.05, 0.1) is 0 Å². The standard InChI is InChI=1S/C20H40N6O3.HI/c1-8-21-17(23-15-16(27)24-19(2,3)4)22-9-10-25-11-13-26(14-12-25)18(28)29-20(5,6)7;/h8-15H2,1-7H3,(H,24,27)(H2,21,22,23);1H. The number of hydrogen-bond acceptors (Lipinski definition) is 5. The van der Waals surface area contributed by atoms with Gasteiger partial charge >= 0.3 is 6.09 Å². The summed E-state index contributed by atoms with van der Waals surface area (Å²) < 4.78 is 5.43. The van der Waals surface area contributed by atoms with Crippen molar-refractivity contribution in [1.29, 1.82) is 0 Å². The molecule has 1 aliphatic heterocycles. The van der Waals surface area contributed by atoms with Crippen LogP contribution < -0.4 is 16.0 Å². The number of guanidine groups is 1. The van der Waals surface area contributed by atoms with Crippen LogP contribution in [0.2, 0.25) is 0 Å². The first-order valence-electron chi connectivity index (χ1n) is 10.4. The third-order valence-corrected chi connectivity index (χ3v) is 3.98. The second-order valence-corrected chi connectivity index (χ2v) is 9.23. The third kappa shape index (κ3) is 13.1. The molecule has 1 saturated heterocycles. The number of rotatable bonds is 6. The second kappa shape index (κ2) is 13.2. The van der Waals surface area contributed by atoms with Crippen molar-refractivity contribution < 1.29 is 14.3 Å². The van der Waals surface area contributed by atoms with Gasteiger partial charge in [-0.1, -0.05) is 0 Å². The maximum absolute atomic E-state index is 12.1. The van der Waals surface area contributed by atoms with Gasteiger partial charge < -0.3 is 25.6 Å². The van der Waals surface area contributed by atoms with Crippen LogP contribution in [-0.2, 0) is 9.53 Å². The lowest BCUT2D eigenvalue weighted by molar-refractivity contribution is -0.121. The SMILES string of the molecule is CCNC(=NCC(=O)NC(C)(C)C)NCCN1CCN(C(=O)OC(C)(C)C)CC1.I. The van der Waals surface area contributed by atoms with Gasteiger partial charge in [-0.05, 0) is 48.5 Å². The summed E-state index contributed by atoms with van der Waals surface area (Å²) in [6.45, 7) is 18.7. The number of halogens is 1. The lowest BCUT2D eigenvalue weighted by Crippen LogP contribution is -2.51. The molecule has 0 aliphatic carbocycles. The summed E-state index contributed by atoms with van der Waals surface area (Å²) in [6.07, 6.45) is -0.245. The van der Waals surface area contributed by atoms with Crippen molar-refractivity contribution in [3.63, 3.8) is 0 Å². The van der Waals surface area contributed by atoms with Crippen LogP contribution in [0.3, 0.4) is 0 Å². The predicted octanol–water partition coefficient (Wildman–Crippen LogP) is 1.63. The second-order valence-electron chi connectivity index (χ2n) is 9.23. The first-order chi connectivity index (χ1) is 13.4.